The molecule has 1 fully saturated rings. The number of amides is 1. The molecule has 9 heteroatoms. The number of rotatable bonds is 6. The number of imidazole rings is 1. The van der Waals surface area contributed by atoms with Crippen LogP contribution in [0.3, 0.4) is 0 Å². The first-order valence-electron chi connectivity index (χ1n) is 13.5. The van der Waals surface area contributed by atoms with Gasteiger partial charge in [0.25, 0.3) is 0 Å². The average molecular weight is 533 g/mol. The van der Waals surface area contributed by atoms with Crippen LogP contribution >= 0.6 is 0 Å². The van der Waals surface area contributed by atoms with Crippen molar-refractivity contribution in [2.75, 3.05) is 29.9 Å². The Bertz CT molecular complexity index is 1740. The fourth-order valence-electron chi connectivity index (χ4n) is 5.43. The Balaban J connectivity index is 1.21. The van der Waals surface area contributed by atoms with Gasteiger partial charge in [0.2, 0.25) is 5.91 Å². The highest BCUT2D eigenvalue weighted by Gasteiger charge is 2.27. The van der Waals surface area contributed by atoms with Crippen LogP contribution in [0.5, 0.6) is 0 Å². The SMILES string of the molecule is C=CC(=O)N1CCN(c2ccc3ncnc(Nc4ccc(Cc5ccc6c(c5)ncn6C)c(C)c4)c3n2)C[C@H]1C. The molecule has 40 heavy (non-hydrogen) atoms. The molecule has 1 amide bonds. The van der Waals surface area contributed by atoms with Crippen molar-refractivity contribution in [2.45, 2.75) is 26.3 Å². The molecule has 0 bridgehead atoms. The lowest BCUT2D eigenvalue weighted by atomic mass is 9.99. The normalized spacial score (nSPS) is 15.5. The maximum Gasteiger partial charge on any atom is 0.246 e. The fraction of sp³-hybridized carbons (Fsp3) is 0.258. The van der Waals surface area contributed by atoms with E-state index in [-0.39, 0.29) is 11.9 Å². The van der Waals surface area contributed by atoms with Crippen LogP contribution in [0.25, 0.3) is 22.1 Å². The minimum Gasteiger partial charge on any atom is -0.353 e. The first kappa shape index (κ1) is 25.5. The number of aryl methyl sites for hydroxylation is 2. The summed E-state index contributed by atoms with van der Waals surface area (Å²) in [5.74, 6) is 1.47. The summed E-state index contributed by atoms with van der Waals surface area (Å²) in [5, 5.41) is 3.47. The molecule has 0 unspecified atom stereocenters. The molecule has 1 aliphatic rings. The number of pyridine rings is 1. The predicted octanol–water partition coefficient (Wildman–Crippen LogP) is 4.78. The third-order valence-corrected chi connectivity index (χ3v) is 7.67. The van der Waals surface area contributed by atoms with Gasteiger partial charge >= 0.3 is 0 Å². The summed E-state index contributed by atoms with van der Waals surface area (Å²) in [6, 6.07) is 16.9. The molecule has 2 aromatic carbocycles. The lowest BCUT2D eigenvalue weighted by Gasteiger charge is -2.40. The van der Waals surface area contributed by atoms with Gasteiger partial charge in [-0.2, -0.15) is 0 Å². The third kappa shape index (κ3) is 4.86. The maximum absolute atomic E-state index is 12.1. The Kier molecular flexibility index (Phi) is 6.63. The molecule has 3 aromatic heterocycles. The molecule has 4 heterocycles. The highest BCUT2D eigenvalue weighted by molar-refractivity contribution is 5.89. The number of fused-ring (bicyclic) bond motifs is 2. The molecular weight excluding hydrogens is 500 g/mol. The summed E-state index contributed by atoms with van der Waals surface area (Å²) in [4.78, 5) is 34.6. The Labute approximate surface area is 233 Å². The minimum absolute atomic E-state index is 0.0332. The van der Waals surface area contributed by atoms with Gasteiger partial charge in [-0.25, -0.2) is 19.9 Å². The molecule has 1 atom stereocenters. The summed E-state index contributed by atoms with van der Waals surface area (Å²) in [6.45, 7) is 9.83. The molecule has 9 nitrogen and oxygen atoms in total. The first-order valence-corrected chi connectivity index (χ1v) is 13.5. The van der Waals surface area contributed by atoms with E-state index in [1.54, 1.807) is 6.33 Å². The number of hydrogen-bond acceptors (Lipinski definition) is 7. The maximum atomic E-state index is 12.1. The molecule has 1 saturated heterocycles. The van der Waals surface area contributed by atoms with Crippen molar-refractivity contribution in [3.8, 4) is 0 Å². The van der Waals surface area contributed by atoms with Crippen LogP contribution < -0.4 is 10.2 Å². The van der Waals surface area contributed by atoms with Gasteiger partial charge < -0.3 is 19.7 Å². The standard InChI is InChI=1S/C31H32N8O/c1-5-29(40)39-13-12-38(17-21(39)3)28-11-9-25-30(36-28)31(33-18-32-25)35-24-8-7-23(20(2)14-24)15-22-6-10-27-26(16-22)34-19-37(27)4/h5-11,14,16,18-19,21H,1,12-13,15,17H2,2-4H3,(H,32,33,35)/t21-/m1/s1. The van der Waals surface area contributed by atoms with Gasteiger partial charge in [0.15, 0.2) is 5.82 Å². The smallest absolute Gasteiger partial charge is 0.246 e. The number of carbonyl (C=O) groups is 1. The van der Waals surface area contributed by atoms with Crippen LogP contribution in [0.15, 0.2) is 73.8 Å². The van der Waals surface area contributed by atoms with Gasteiger partial charge in [-0.15, -0.1) is 0 Å². The van der Waals surface area contributed by atoms with Crippen LogP contribution in [0.2, 0.25) is 0 Å². The van der Waals surface area contributed by atoms with Crippen LogP contribution in [-0.4, -0.2) is 61.0 Å². The van der Waals surface area contributed by atoms with E-state index in [4.69, 9.17) is 4.98 Å². The molecule has 6 rings (SSSR count). The van der Waals surface area contributed by atoms with Crippen molar-refractivity contribution < 1.29 is 4.79 Å². The Morgan fingerprint density at radius 2 is 1.95 bits per heavy atom. The van der Waals surface area contributed by atoms with Crippen LogP contribution in [0.4, 0.5) is 17.3 Å². The number of hydrogen-bond donors (Lipinski definition) is 1. The van der Waals surface area contributed by atoms with E-state index in [0.717, 1.165) is 34.5 Å². The van der Waals surface area contributed by atoms with E-state index in [0.29, 0.717) is 31.0 Å². The molecule has 5 aromatic rings. The molecule has 1 aliphatic heterocycles. The summed E-state index contributed by atoms with van der Waals surface area (Å²) >= 11 is 0. The topological polar surface area (TPSA) is 92.1 Å². The van der Waals surface area contributed by atoms with Crippen molar-refractivity contribution in [1.82, 2.24) is 29.4 Å². The van der Waals surface area contributed by atoms with Crippen molar-refractivity contribution in [3.05, 3.63) is 90.5 Å². The van der Waals surface area contributed by atoms with Crippen LogP contribution in [-0.2, 0) is 18.3 Å². The van der Waals surface area contributed by atoms with Crippen molar-refractivity contribution in [3.63, 3.8) is 0 Å². The second-order valence-corrected chi connectivity index (χ2v) is 10.4. The van der Waals surface area contributed by atoms with E-state index in [9.17, 15) is 4.79 Å². The van der Waals surface area contributed by atoms with Crippen molar-refractivity contribution >= 4 is 45.3 Å². The Morgan fingerprint density at radius 1 is 1.07 bits per heavy atom. The number of nitrogens with zero attached hydrogens (tertiary/aromatic N) is 7. The lowest BCUT2D eigenvalue weighted by Crippen LogP contribution is -2.53. The molecule has 0 spiro atoms. The summed E-state index contributed by atoms with van der Waals surface area (Å²) in [6.07, 6.45) is 5.62. The van der Waals surface area contributed by atoms with Gasteiger partial charge in [-0.3, -0.25) is 4.79 Å². The van der Waals surface area contributed by atoms with Gasteiger partial charge in [-0.05, 0) is 79.4 Å². The lowest BCUT2D eigenvalue weighted by molar-refractivity contribution is -0.128. The minimum atomic E-state index is -0.0332. The Morgan fingerprint density at radius 3 is 2.75 bits per heavy atom. The zero-order chi connectivity index (χ0) is 27.8. The van der Waals surface area contributed by atoms with Gasteiger partial charge in [0.1, 0.15) is 17.7 Å². The number of benzene rings is 2. The Hall–Kier alpha value is -4.79. The zero-order valence-corrected chi connectivity index (χ0v) is 23.0. The monoisotopic (exact) mass is 532 g/mol. The van der Waals surface area contributed by atoms with E-state index >= 15 is 0 Å². The second kappa shape index (κ2) is 10.4. The number of piperazine rings is 1. The molecule has 0 saturated carbocycles. The zero-order valence-electron chi connectivity index (χ0n) is 23.0. The first-order chi connectivity index (χ1) is 19.4. The molecule has 202 valence electrons. The summed E-state index contributed by atoms with van der Waals surface area (Å²) in [7, 11) is 2.01. The molecule has 1 N–H and O–H groups in total. The average Bonchev–Trinajstić information content (AvgIpc) is 3.33. The summed E-state index contributed by atoms with van der Waals surface area (Å²) < 4.78 is 2.03. The summed E-state index contributed by atoms with van der Waals surface area (Å²) in [5.41, 5.74) is 8.26. The van der Waals surface area contributed by atoms with Crippen molar-refractivity contribution in [1.29, 1.82) is 0 Å². The van der Waals surface area contributed by atoms with E-state index in [1.807, 2.05) is 41.9 Å². The quantitative estimate of drug-likeness (QED) is 0.315. The van der Waals surface area contributed by atoms with Crippen molar-refractivity contribution in [2.24, 2.45) is 7.05 Å². The van der Waals surface area contributed by atoms with E-state index in [1.165, 1.54) is 22.8 Å². The largest absolute Gasteiger partial charge is 0.353 e. The van der Waals surface area contributed by atoms with E-state index < -0.39 is 0 Å². The number of aromatic nitrogens is 5. The van der Waals surface area contributed by atoms with Gasteiger partial charge in [0.05, 0.1) is 22.9 Å². The molecular formula is C31H32N8O. The van der Waals surface area contributed by atoms with Crippen LogP contribution in [0, 0.1) is 6.92 Å². The highest BCUT2D eigenvalue weighted by Crippen LogP contribution is 2.27. The van der Waals surface area contributed by atoms with Gasteiger partial charge in [-0.1, -0.05) is 18.7 Å². The predicted molar refractivity (Wildman–Crippen MR) is 159 cm³/mol. The van der Waals surface area contributed by atoms with Gasteiger partial charge in [0, 0.05) is 38.4 Å². The number of anilines is 3. The second-order valence-electron chi connectivity index (χ2n) is 10.4. The third-order valence-electron chi connectivity index (χ3n) is 7.67. The molecule has 0 radical (unpaired) electrons. The highest BCUT2D eigenvalue weighted by atomic mass is 16.2. The van der Waals surface area contributed by atoms with Crippen LogP contribution in [0.1, 0.15) is 23.6 Å². The number of carbonyl (C=O) groups excluding carboxylic acids is 1. The molecule has 0 aliphatic carbocycles. The fourth-order valence-corrected chi connectivity index (χ4v) is 5.43. The number of nitrogens with one attached hydrogen (secondary N) is 1. The van der Waals surface area contributed by atoms with E-state index in [2.05, 4.69) is 75.1 Å².